The summed E-state index contributed by atoms with van der Waals surface area (Å²) in [5, 5.41) is 34.5. The molecule has 5 rings (SSSR count). The number of esters is 1. The van der Waals surface area contributed by atoms with E-state index in [0.29, 0.717) is 12.1 Å². The molecular formula is C28H32N4O7S. The van der Waals surface area contributed by atoms with Crippen molar-refractivity contribution in [1.82, 2.24) is 15.1 Å². The Kier molecular flexibility index (Phi) is 8.13. The predicted molar refractivity (Wildman–Crippen MR) is 148 cm³/mol. The lowest BCUT2D eigenvalue weighted by Gasteiger charge is -2.46. The molecule has 0 aliphatic carbocycles. The number of carbonyl (C=O) groups excluding carboxylic acids is 2. The van der Waals surface area contributed by atoms with E-state index < -0.39 is 22.9 Å². The lowest BCUT2D eigenvalue weighted by atomic mass is 9.79. The minimum Gasteiger partial charge on any atom is -0.456 e. The van der Waals surface area contributed by atoms with Crippen LogP contribution in [0.2, 0.25) is 0 Å². The van der Waals surface area contributed by atoms with Crippen molar-refractivity contribution in [1.29, 1.82) is 0 Å². The Morgan fingerprint density at radius 1 is 1.30 bits per heavy atom. The van der Waals surface area contributed by atoms with Crippen LogP contribution in [0.1, 0.15) is 25.8 Å². The summed E-state index contributed by atoms with van der Waals surface area (Å²) in [7, 11) is 0. The molecule has 0 radical (unpaired) electrons. The van der Waals surface area contributed by atoms with Crippen molar-refractivity contribution in [2.24, 2.45) is 11.8 Å². The van der Waals surface area contributed by atoms with Crippen molar-refractivity contribution in [2.45, 2.75) is 50.3 Å². The molecule has 0 aromatic heterocycles. The van der Waals surface area contributed by atoms with Gasteiger partial charge in [0.25, 0.3) is 5.69 Å². The molecule has 3 N–H and O–H groups in total. The highest BCUT2D eigenvalue weighted by Crippen LogP contribution is 2.52. The number of hydrogen-bond donors (Lipinski definition) is 3. The first-order valence-electron chi connectivity index (χ1n) is 13.2. The first kappa shape index (κ1) is 28.1. The number of aliphatic hydroxyl groups excluding tert-OH is 2. The number of β-lactam (4-membered cyclic amide) rings is 1. The Labute approximate surface area is 236 Å². The molecule has 2 saturated heterocycles. The smallest absolute Gasteiger partial charge is 0.356 e. The summed E-state index contributed by atoms with van der Waals surface area (Å²) in [6.07, 6.45) is 9.46. The van der Waals surface area contributed by atoms with Gasteiger partial charge in [-0.25, -0.2) is 4.79 Å². The zero-order chi connectivity index (χ0) is 28.6. The fourth-order valence-corrected chi connectivity index (χ4v) is 7.46. The molecule has 1 aromatic carbocycles. The van der Waals surface area contributed by atoms with Gasteiger partial charge in [0, 0.05) is 53.2 Å². The molecule has 0 saturated carbocycles. The third kappa shape index (κ3) is 5.19. The van der Waals surface area contributed by atoms with Gasteiger partial charge in [0.2, 0.25) is 5.91 Å². The minimum absolute atomic E-state index is 0.0233. The average molecular weight is 569 g/mol. The number of ether oxygens (including phenoxy) is 1. The van der Waals surface area contributed by atoms with Crippen LogP contribution < -0.4 is 5.32 Å². The third-order valence-electron chi connectivity index (χ3n) is 7.89. The summed E-state index contributed by atoms with van der Waals surface area (Å²) in [5.74, 6) is -1.74. The van der Waals surface area contributed by atoms with Crippen molar-refractivity contribution in [3.05, 3.63) is 86.7 Å². The van der Waals surface area contributed by atoms with Gasteiger partial charge < -0.3 is 25.2 Å². The summed E-state index contributed by atoms with van der Waals surface area (Å²) < 4.78 is 5.60. The van der Waals surface area contributed by atoms with E-state index in [9.17, 15) is 29.9 Å². The Hall–Kier alpha value is -3.45. The maximum atomic E-state index is 13.5. The van der Waals surface area contributed by atoms with Crippen molar-refractivity contribution < 1.29 is 29.5 Å². The summed E-state index contributed by atoms with van der Waals surface area (Å²) >= 11 is 1.53. The number of carbonyl (C=O) groups is 2. The summed E-state index contributed by atoms with van der Waals surface area (Å²) in [6.45, 7) is 3.91. The van der Waals surface area contributed by atoms with E-state index in [-0.39, 0.29) is 53.9 Å². The van der Waals surface area contributed by atoms with Crippen LogP contribution in [0.25, 0.3) is 0 Å². The zero-order valence-electron chi connectivity index (χ0n) is 22.2. The normalized spacial score (nSPS) is 28.5. The number of aliphatic hydroxyl groups is 2. The van der Waals surface area contributed by atoms with Crippen molar-refractivity contribution >= 4 is 29.3 Å². The number of hydrogen-bond acceptors (Lipinski definition) is 10. The molecule has 5 unspecified atom stereocenters. The molecule has 2 fully saturated rings. The number of rotatable bonds is 9. The second-order valence-electron chi connectivity index (χ2n) is 10.4. The largest absolute Gasteiger partial charge is 0.456 e. The molecule has 4 aliphatic rings. The monoisotopic (exact) mass is 568 g/mol. The highest BCUT2D eigenvalue weighted by atomic mass is 32.2. The van der Waals surface area contributed by atoms with E-state index in [4.69, 9.17) is 4.74 Å². The van der Waals surface area contributed by atoms with Gasteiger partial charge in [-0.3, -0.25) is 19.8 Å². The van der Waals surface area contributed by atoms with Crippen LogP contribution in [0.3, 0.4) is 0 Å². The highest BCUT2D eigenvalue weighted by Gasteiger charge is 2.60. The van der Waals surface area contributed by atoms with Crippen molar-refractivity contribution in [3.63, 3.8) is 0 Å². The van der Waals surface area contributed by atoms with E-state index in [0.717, 1.165) is 16.9 Å². The van der Waals surface area contributed by atoms with Crippen molar-refractivity contribution in [3.8, 4) is 0 Å². The van der Waals surface area contributed by atoms with Gasteiger partial charge in [-0.2, -0.15) is 0 Å². The fourth-order valence-electron chi connectivity index (χ4n) is 5.91. The summed E-state index contributed by atoms with van der Waals surface area (Å²) in [5.41, 5.74) is 1.75. The molecule has 0 bridgehead atoms. The Morgan fingerprint density at radius 2 is 2.05 bits per heavy atom. The Balaban J connectivity index is 1.37. The number of benzene rings is 1. The Bertz CT molecular complexity index is 1310. The van der Waals surface area contributed by atoms with Gasteiger partial charge in [-0.15, -0.1) is 11.8 Å². The van der Waals surface area contributed by atoms with Gasteiger partial charge in [0.15, 0.2) is 0 Å². The molecule has 212 valence electrons. The Morgan fingerprint density at radius 3 is 2.73 bits per heavy atom. The lowest BCUT2D eigenvalue weighted by molar-refractivity contribution is -0.384. The van der Waals surface area contributed by atoms with E-state index in [1.807, 2.05) is 42.5 Å². The number of thioether (sulfide) groups is 1. The maximum Gasteiger partial charge on any atom is 0.356 e. The van der Waals surface area contributed by atoms with Gasteiger partial charge in [0.05, 0.1) is 29.7 Å². The number of non-ortho nitro benzene ring substituents is 1. The number of nitrogens with one attached hydrogen (secondary N) is 1. The van der Waals surface area contributed by atoms with Crippen LogP contribution in [-0.4, -0.2) is 73.5 Å². The summed E-state index contributed by atoms with van der Waals surface area (Å²) in [4.78, 5) is 41.2. The SMILES string of the molecule is CC(O)C1C(=O)N2C(C(=O)OCc3ccc([N+](=O)[O-])cc3)=C(SC3CC(C4=CNC=CC=C4)N(CO)C3)C(C)[C@@H]12. The number of nitrogens with zero attached hydrogens (tertiary/aromatic N) is 3. The van der Waals surface area contributed by atoms with E-state index >= 15 is 0 Å². The van der Waals surface area contributed by atoms with Crippen molar-refractivity contribution in [2.75, 3.05) is 13.3 Å². The average Bonchev–Trinajstić information content (AvgIpc) is 3.29. The van der Waals surface area contributed by atoms with Crippen LogP contribution in [0.15, 0.2) is 71.1 Å². The predicted octanol–water partition coefficient (Wildman–Crippen LogP) is 2.39. The molecule has 11 nitrogen and oxygen atoms in total. The molecule has 6 atom stereocenters. The highest BCUT2D eigenvalue weighted by molar-refractivity contribution is 8.03. The third-order valence-corrected chi connectivity index (χ3v) is 9.38. The van der Waals surface area contributed by atoms with Crippen LogP contribution in [0, 0.1) is 22.0 Å². The van der Waals surface area contributed by atoms with E-state index in [1.54, 1.807) is 6.92 Å². The van der Waals surface area contributed by atoms with Gasteiger partial charge in [0.1, 0.15) is 12.3 Å². The van der Waals surface area contributed by atoms with Crippen LogP contribution >= 0.6 is 11.8 Å². The first-order valence-corrected chi connectivity index (χ1v) is 14.1. The fraction of sp³-hybridized carbons (Fsp3) is 0.429. The zero-order valence-corrected chi connectivity index (χ0v) is 23.0. The number of nitro groups is 1. The molecule has 4 aliphatic heterocycles. The molecule has 40 heavy (non-hydrogen) atoms. The minimum atomic E-state index is -0.853. The number of nitro benzene ring substituents is 1. The molecule has 1 amide bonds. The van der Waals surface area contributed by atoms with E-state index in [1.165, 1.54) is 40.9 Å². The van der Waals surface area contributed by atoms with Crippen LogP contribution in [0.5, 0.6) is 0 Å². The molecule has 4 heterocycles. The second kappa shape index (κ2) is 11.6. The molecular weight excluding hydrogens is 536 g/mol. The number of allylic oxidation sites excluding steroid dienone is 2. The van der Waals surface area contributed by atoms with E-state index in [2.05, 4.69) is 5.32 Å². The topological polar surface area (TPSA) is 145 Å². The quantitative estimate of drug-likeness (QED) is 0.176. The van der Waals surface area contributed by atoms with Crippen LogP contribution in [-0.2, 0) is 20.9 Å². The number of likely N-dealkylation sites (tertiary alicyclic amines) is 1. The maximum absolute atomic E-state index is 13.5. The lowest BCUT2D eigenvalue weighted by Crippen LogP contribution is -2.63. The standard InChI is InChI=1S/C28H32N4O7S/c1-16-24-23(17(2)34)27(35)31(24)25(28(36)39-14-18-6-8-20(9-7-18)32(37)38)26(16)40-21-11-22(30(13-21)15-33)19-5-3-4-10-29-12-19/h3-10,12,16-17,21-24,29,33-34H,11,13-15H2,1-2H3/t16?,17?,21?,22?,23?,24-/m0/s1. The van der Waals surface area contributed by atoms with Gasteiger partial charge in [-0.1, -0.05) is 19.1 Å². The number of fused-ring (bicyclic) bond motifs is 1. The second-order valence-corrected chi connectivity index (χ2v) is 11.7. The molecule has 0 spiro atoms. The molecule has 1 aromatic rings. The van der Waals surface area contributed by atoms with Crippen LogP contribution in [0.4, 0.5) is 5.69 Å². The summed E-state index contributed by atoms with van der Waals surface area (Å²) in [6, 6.07) is 5.37. The van der Waals surface area contributed by atoms with Gasteiger partial charge in [-0.05, 0) is 42.7 Å². The molecule has 12 heteroatoms. The van der Waals surface area contributed by atoms with Gasteiger partial charge >= 0.3 is 5.97 Å². The first-order chi connectivity index (χ1) is 19.2. The number of amides is 1.